The molecular formula is C36H47N3O5. The van der Waals surface area contributed by atoms with Crippen LogP contribution in [0.5, 0.6) is 0 Å². The molecule has 3 fully saturated rings. The molecule has 3 amide bonds. The molecule has 3 heterocycles. The van der Waals surface area contributed by atoms with Crippen LogP contribution >= 0.6 is 0 Å². The van der Waals surface area contributed by atoms with Crippen LogP contribution in [0.2, 0.25) is 0 Å². The lowest BCUT2D eigenvalue weighted by Crippen LogP contribution is -2.56. The molecule has 0 aliphatic carbocycles. The van der Waals surface area contributed by atoms with E-state index in [1.165, 1.54) is 0 Å². The molecule has 2 unspecified atom stereocenters. The summed E-state index contributed by atoms with van der Waals surface area (Å²) in [6.45, 7) is 13.5. The first kappa shape index (κ1) is 31.9. The number of aliphatic hydroxyl groups is 1. The molecule has 44 heavy (non-hydrogen) atoms. The third kappa shape index (κ3) is 5.26. The number of anilines is 1. The van der Waals surface area contributed by atoms with Crippen LogP contribution in [0.4, 0.5) is 5.69 Å². The fourth-order valence-corrected chi connectivity index (χ4v) is 8.04. The molecule has 1 spiro atoms. The van der Waals surface area contributed by atoms with Crippen molar-refractivity contribution < 1.29 is 24.2 Å². The van der Waals surface area contributed by atoms with Gasteiger partial charge in [-0.3, -0.25) is 14.4 Å². The van der Waals surface area contributed by atoms with Gasteiger partial charge in [-0.25, -0.2) is 0 Å². The predicted octanol–water partition coefficient (Wildman–Crippen LogP) is 5.10. The molecule has 1 N–H and O–H groups in total. The average Bonchev–Trinajstić information content (AvgIpc) is 3.64. The maximum absolute atomic E-state index is 14.9. The summed E-state index contributed by atoms with van der Waals surface area (Å²) in [7, 11) is 0. The van der Waals surface area contributed by atoms with Gasteiger partial charge in [-0.05, 0) is 67.9 Å². The Hall–Kier alpha value is -3.49. The first-order valence-electron chi connectivity index (χ1n) is 16.2. The minimum absolute atomic E-state index is 0.0766. The molecule has 2 aromatic carbocycles. The van der Waals surface area contributed by atoms with E-state index >= 15 is 0 Å². The summed E-state index contributed by atoms with van der Waals surface area (Å²) >= 11 is 0. The van der Waals surface area contributed by atoms with Crippen LogP contribution in [0.1, 0.15) is 58.8 Å². The molecule has 5 rings (SSSR count). The quantitative estimate of drug-likeness (QED) is 0.227. The molecule has 0 saturated carbocycles. The topological polar surface area (TPSA) is 90.4 Å². The third-order valence-corrected chi connectivity index (χ3v) is 10.0. The molecule has 8 heteroatoms. The number of carbonyl (C=O) groups is 3. The highest BCUT2D eigenvalue weighted by Crippen LogP contribution is 2.64. The second kappa shape index (κ2) is 13.2. The lowest BCUT2D eigenvalue weighted by molar-refractivity contribution is -0.151. The Morgan fingerprint density at radius 3 is 2.45 bits per heavy atom. The van der Waals surface area contributed by atoms with Crippen molar-refractivity contribution in [3.8, 4) is 0 Å². The molecular weight excluding hydrogens is 554 g/mol. The molecule has 236 valence electrons. The van der Waals surface area contributed by atoms with Crippen molar-refractivity contribution in [2.45, 2.75) is 76.0 Å². The van der Waals surface area contributed by atoms with Crippen LogP contribution in [-0.2, 0) is 19.1 Å². The number of hydrogen-bond donors (Lipinski definition) is 1. The van der Waals surface area contributed by atoms with Crippen LogP contribution in [0.25, 0.3) is 10.8 Å². The number of likely N-dealkylation sites (tertiary alicyclic amines) is 1. The van der Waals surface area contributed by atoms with Gasteiger partial charge in [-0.2, -0.15) is 0 Å². The van der Waals surface area contributed by atoms with Crippen LogP contribution < -0.4 is 4.90 Å². The summed E-state index contributed by atoms with van der Waals surface area (Å²) in [6.07, 6.45) is 7.96. The van der Waals surface area contributed by atoms with Gasteiger partial charge in [-0.1, -0.05) is 56.3 Å². The van der Waals surface area contributed by atoms with Crippen LogP contribution in [-0.4, -0.2) is 82.7 Å². The van der Waals surface area contributed by atoms with E-state index in [9.17, 15) is 19.5 Å². The van der Waals surface area contributed by atoms with Crippen molar-refractivity contribution in [1.82, 2.24) is 9.80 Å². The van der Waals surface area contributed by atoms with Crippen molar-refractivity contribution in [3.63, 3.8) is 0 Å². The zero-order valence-electron chi connectivity index (χ0n) is 26.2. The Morgan fingerprint density at radius 2 is 1.77 bits per heavy atom. The SMILES string of the molecule is C=CCN(CCC)C(=O)[C@H]1[C@H]2C(=O)N(CCCCCO)C(C(=O)N(CC=C)c3ccc4ccccc4c3)C23CC[C@]1(CC)O3. The van der Waals surface area contributed by atoms with Gasteiger partial charge in [0.15, 0.2) is 0 Å². The van der Waals surface area contributed by atoms with Gasteiger partial charge in [0.05, 0.1) is 17.4 Å². The Balaban J connectivity index is 1.59. The Bertz CT molecular complexity index is 1410. The van der Waals surface area contributed by atoms with Crippen LogP contribution in [0.3, 0.4) is 0 Å². The Labute approximate surface area is 261 Å². The maximum atomic E-state index is 14.9. The fraction of sp³-hybridized carbons (Fsp3) is 0.528. The standard InChI is InChI=1S/C36H47N3O5/c1-5-20-37(21-6-2)32(41)29-30-33(42)39(23-12-9-13-24-40)31(36(30)19-18-35(29,8-4)44-36)34(43)38(22-7-3)28-17-16-26-14-10-11-15-27(26)25-28/h5,7,10-11,14-17,25,29-31,40H,1,3,6,8-9,12-13,18-24H2,2,4H3/t29-,30+,31?,35+,36?/m1/s1. The van der Waals surface area contributed by atoms with Gasteiger partial charge >= 0.3 is 0 Å². The first-order valence-corrected chi connectivity index (χ1v) is 16.2. The molecule has 0 radical (unpaired) electrons. The van der Waals surface area contributed by atoms with Gasteiger partial charge in [0.1, 0.15) is 11.6 Å². The number of fused-ring (bicyclic) bond motifs is 2. The van der Waals surface area contributed by atoms with Gasteiger partial charge < -0.3 is 24.5 Å². The summed E-state index contributed by atoms with van der Waals surface area (Å²) in [6, 6.07) is 13.1. The highest BCUT2D eigenvalue weighted by atomic mass is 16.5. The van der Waals surface area contributed by atoms with E-state index in [-0.39, 0.29) is 30.9 Å². The van der Waals surface area contributed by atoms with Gasteiger partial charge in [-0.15, -0.1) is 13.2 Å². The van der Waals surface area contributed by atoms with E-state index in [4.69, 9.17) is 4.74 Å². The molecule has 5 atom stereocenters. The molecule has 2 aromatic rings. The monoisotopic (exact) mass is 601 g/mol. The third-order valence-electron chi connectivity index (χ3n) is 10.0. The zero-order chi connectivity index (χ0) is 31.5. The Kier molecular flexibility index (Phi) is 9.61. The number of aliphatic hydroxyl groups excluding tert-OH is 1. The molecule has 3 saturated heterocycles. The predicted molar refractivity (Wildman–Crippen MR) is 173 cm³/mol. The summed E-state index contributed by atoms with van der Waals surface area (Å²) in [4.78, 5) is 49.0. The van der Waals surface area contributed by atoms with Crippen molar-refractivity contribution >= 4 is 34.2 Å². The first-order chi connectivity index (χ1) is 21.3. The van der Waals surface area contributed by atoms with E-state index in [1.54, 1.807) is 26.9 Å². The molecule has 2 bridgehead atoms. The summed E-state index contributed by atoms with van der Waals surface area (Å²) < 4.78 is 7.01. The maximum Gasteiger partial charge on any atom is 0.253 e. The van der Waals surface area contributed by atoms with E-state index in [0.29, 0.717) is 51.7 Å². The second-order valence-electron chi connectivity index (χ2n) is 12.5. The number of rotatable bonds is 15. The number of ether oxygens (including phenoxy) is 1. The normalized spacial score (nSPS) is 27.0. The fourth-order valence-electron chi connectivity index (χ4n) is 8.04. The molecule has 3 aliphatic rings. The lowest BCUT2D eigenvalue weighted by atomic mass is 9.64. The van der Waals surface area contributed by atoms with E-state index in [1.807, 2.05) is 56.3 Å². The van der Waals surface area contributed by atoms with Gasteiger partial charge in [0, 0.05) is 38.5 Å². The Morgan fingerprint density at radius 1 is 1.02 bits per heavy atom. The second-order valence-corrected chi connectivity index (χ2v) is 12.5. The smallest absolute Gasteiger partial charge is 0.253 e. The zero-order valence-corrected chi connectivity index (χ0v) is 26.2. The van der Waals surface area contributed by atoms with E-state index in [2.05, 4.69) is 13.2 Å². The molecule has 8 nitrogen and oxygen atoms in total. The van der Waals surface area contributed by atoms with Crippen molar-refractivity contribution in [1.29, 1.82) is 0 Å². The minimum atomic E-state index is -1.09. The largest absolute Gasteiger partial charge is 0.396 e. The minimum Gasteiger partial charge on any atom is -0.396 e. The highest BCUT2D eigenvalue weighted by Gasteiger charge is 2.79. The van der Waals surface area contributed by atoms with Gasteiger partial charge in [0.25, 0.3) is 5.91 Å². The number of amides is 3. The van der Waals surface area contributed by atoms with E-state index < -0.39 is 29.1 Å². The van der Waals surface area contributed by atoms with Crippen LogP contribution in [0.15, 0.2) is 67.8 Å². The molecule has 3 aliphatic heterocycles. The number of hydrogen-bond acceptors (Lipinski definition) is 5. The average molecular weight is 602 g/mol. The molecule has 0 aromatic heterocycles. The summed E-state index contributed by atoms with van der Waals surface area (Å²) in [5.41, 5.74) is -1.16. The van der Waals surface area contributed by atoms with Crippen molar-refractivity contribution in [3.05, 3.63) is 67.8 Å². The summed E-state index contributed by atoms with van der Waals surface area (Å²) in [5.74, 6) is -1.87. The number of carbonyl (C=O) groups excluding carboxylic acids is 3. The van der Waals surface area contributed by atoms with E-state index in [0.717, 1.165) is 29.3 Å². The number of nitrogens with zero attached hydrogens (tertiary/aromatic N) is 3. The summed E-state index contributed by atoms with van der Waals surface area (Å²) in [5, 5.41) is 11.5. The van der Waals surface area contributed by atoms with Crippen LogP contribution in [0, 0.1) is 11.8 Å². The van der Waals surface area contributed by atoms with Crippen molar-refractivity contribution in [2.75, 3.05) is 37.7 Å². The van der Waals surface area contributed by atoms with Crippen molar-refractivity contribution in [2.24, 2.45) is 11.8 Å². The highest BCUT2D eigenvalue weighted by molar-refractivity contribution is 6.06. The lowest BCUT2D eigenvalue weighted by Gasteiger charge is -2.37. The van der Waals surface area contributed by atoms with Gasteiger partial charge in [0.2, 0.25) is 11.8 Å². The number of benzene rings is 2. The number of unbranched alkanes of at least 4 members (excludes halogenated alkanes) is 2.